The lowest BCUT2D eigenvalue weighted by atomic mass is 10.1. The summed E-state index contributed by atoms with van der Waals surface area (Å²) in [7, 11) is 0. The minimum atomic E-state index is -0.148. The van der Waals surface area contributed by atoms with Crippen LogP contribution >= 0.6 is 0 Å². The Balaban J connectivity index is 0.000000151. The number of nitrogens with one attached hydrogen (secondary N) is 2. The molecule has 0 aromatic carbocycles. The number of rotatable bonds is 0. The Kier molecular flexibility index (Phi) is 3.60. The fourth-order valence-corrected chi connectivity index (χ4v) is 1.32. The van der Waals surface area contributed by atoms with Crippen molar-refractivity contribution in [1.29, 1.82) is 0 Å². The van der Waals surface area contributed by atoms with E-state index >= 15 is 0 Å². The molecule has 2 saturated heterocycles. The van der Waals surface area contributed by atoms with E-state index in [2.05, 4.69) is 17.2 Å². The molecule has 1 atom stereocenters. The average molecular weight is 210 g/mol. The fourth-order valence-electron chi connectivity index (χ4n) is 1.32. The van der Waals surface area contributed by atoms with Crippen molar-refractivity contribution >= 4 is 17.7 Å². The van der Waals surface area contributed by atoms with Crippen LogP contribution in [-0.2, 0) is 14.4 Å². The van der Waals surface area contributed by atoms with Gasteiger partial charge in [0.2, 0.25) is 17.7 Å². The maximum absolute atomic E-state index is 10.6. The second-order valence-electron chi connectivity index (χ2n) is 3.67. The molecule has 0 saturated carbocycles. The van der Waals surface area contributed by atoms with E-state index in [9.17, 15) is 14.4 Å². The van der Waals surface area contributed by atoms with Crippen molar-refractivity contribution in [3.05, 3.63) is 12.3 Å². The molecule has 2 rings (SSSR count). The van der Waals surface area contributed by atoms with Crippen LogP contribution in [0.4, 0.5) is 0 Å². The molecule has 0 aromatic heterocycles. The molecule has 0 aromatic rings. The van der Waals surface area contributed by atoms with Crippen molar-refractivity contribution in [2.24, 2.45) is 5.92 Å². The van der Waals surface area contributed by atoms with Gasteiger partial charge in [-0.3, -0.25) is 19.7 Å². The van der Waals surface area contributed by atoms with Crippen molar-refractivity contribution in [3.63, 3.8) is 0 Å². The molecule has 2 fully saturated rings. The Morgan fingerprint density at radius 1 is 1.13 bits per heavy atom. The van der Waals surface area contributed by atoms with E-state index in [0.717, 1.165) is 12.1 Å². The van der Waals surface area contributed by atoms with Crippen LogP contribution in [0.3, 0.4) is 0 Å². The molecule has 0 radical (unpaired) electrons. The molecule has 2 N–H and O–H groups in total. The van der Waals surface area contributed by atoms with Crippen molar-refractivity contribution in [1.82, 2.24) is 10.6 Å². The van der Waals surface area contributed by atoms with Crippen LogP contribution in [0, 0.1) is 5.92 Å². The largest absolute Gasteiger partial charge is 0.330 e. The summed E-state index contributed by atoms with van der Waals surface area (Å²) in [5, 5.41) is 4.77. The van der Waals surface area contributed by atoms with Crippen LogP contribution in [0.15, 0.2) is 12.3 Å². The third-order valence-corrected chi connectivity index (χ3v) is 2.16. The summed E-state index contributed by atoms with van der Waals surface area (Å²) >= 11 is 0. The molecule has 82 valence electrons. The van der Waals surface area contributed by atoms with Gasteiger partial charge in [0.05, 0.1) is 0 Å². The first-order valence-corrected chi connectivity index (χ1v) is 4.80. The number of carbonyl (C=O) groups excluding carboxylic acids is 3. The standard InChI is InChI=1S/C6H9NO.C4H5NO2/c1-4-3-5(2)7-6(4)8;6-3-1-2-4(7)5-3/h4H,2-3H2,1H3,(H,7,8);1-2H2,(H,5,6,7). The summed E-state index contributed by atoms with van der Waals surface area (Å²) in [5.41, 5.74) is 0.850. The predicted octanol–water partition coefficient (Wildman–Crippen LogP) is 0.0791. The van der Waals surface area contributed by atoms with Crippen LogP contribution in [0.2, 0.25) is 0 Å². The Morgan fingerprint density at radius 3 is 1.80 bits per heavy atom. The predicted molar refractivity (Wildman–Crippen MR) is 53.4 cm³/mol. The molecule has 0 bridgehead atoms. The van der Waals surface area contributed by atoms with E-state index < -0.39 is 0 Å². The quantitative estimate of drug-likeness (QED) is 0.556. The maximum atomic E-state index is 10.6. The Morgan fingerprint density at radius 2 is 1.67 bits per heavy atom. The van der Waals surface area contributed by atoms with Gasteiger partial charge in [0.1, 0.15) is 0 Å². The highest BCUT2D eigenvalue weighted by atomic mass is 16.2. The molecule has 0 spiro atoms. The smallest absolute Gasteiger partial charge is 0.227 e. The maximum Gasteiger partial charge on any atom is 0.227 e. The zero-order valence-electron chi connectivity index (χ0n) is 8.63. The first-order chi connectivity index (χ1) is 6.99. The Bertz CT molecular complexity index is 309. The zero-order valence-corrected chi connectivity index (χ0v) is 8.63. The summed E-state index contributed by atoms with van der Waals surface area (Å²) in [6.07, 6.45) is 1.55. The molecule has 3 amide bonds. The van der Waals surface area contributed by atoms with Gasteiger partial charge < -0.3 is 5.32 Å². The zero-order chi connectivity index (χ0) is 11.4. The van der Waals surface area contributed by atoms with E-state index in [1.165, 1.54) is 0 Å². The van der Waals surface area contributed by atoms with Gasteiger partial charge in [-0.25, -0.2) is 0 Å². The number of imide groups is 1. The average Bonchev–Trinajstić information content (AvgIpc) is 2.61. The number of hydrogen-bond acceptors (Lipinski definition) is 3. The first kappa shape index (κ1) is 11.4. The third-order valence-electron chi connectivity index (χ3n) is 2.16. The lowest BCUT2D eigenvalue weighted by Crippen LogP contribution is -2.18. The van der Waals surface area contributed by atoms with Gasteiger partial charge in [-0.05, 0) is 6.42 Å². The van der Waals surface area contributed by atoms with Crippen LogP contribution in [0.5, 0.6) is 0 Å². The molecule has 0 aliphatic carbocycles. The molecule has 5 heteroatoms. The van der Waals surface area contributed by atoms with E-state index in [0.29, 0.717) is 12.8 Å². The molecule has 15 heavy (non-hydrogen) atoms. The highest BCUT2D eigenvalue weighted by Gasteiger charge is 2.21. The summed E-state index contributed by atoms with van der Waals surface area (Å²) in [6, 6.07) is 0. The van der Waals surface area contributed by atoms with Gasteiger partial charge in [-0.2, -0.15) is 0 Å². The Labute approximate surface area is 87.9 Å². The lowest BCUT2D eigenvalue weighted by molar-refractivity contribution is -0.125. The van der Waals surface area contributed by atoms with Crippen LogP contribution in [-0.4, -0.2) is 17.7 Å². The first-order valence-electron chi connectivity index (χ1n) is 4.80. The molecule has 1 unspecified atom stereocenters. The topological polar surface area (TPSA) is 75.3 Å². The molecule has 2 aliphatic heterocycles. The molecule has 2 aliphatic rings. The van der Waals surface area contributed by atoms with Gasteiger partial charge in [0.25, 0.3) is 0 Å². The van der Waals surface area contributed by atoms with Crippen molar-refractivity contribution in [2.75, 3.05) is 0 Å². The minimum Gasteiger partial charge on any atom is -0.330 e. The van der Waals surface area contributed by atoms with Gasteiger partial charge in [0.15, 0.2) is 0 Å². The monoisotopic (exact) mass is 210 g/mol. The van der Waals surface area contributed by atoms with E-state index in [1.54, 1.807) is 0 Å². The summed E-state index contributed by atoms with van der Waals surface area (Å²) < 4.78 is 0. The summed E-state index contributed by atoms with van der Waals surface area (Å²) in [4.78, 5) is 30.9. The van der Waals surface area contributed by atoms with Crippen molar-refractivity contribution in [2.45, 2.75) is 26.2 Å². The van der Waals surface area contributed by atoms with E-state index in [-0.39, 0.29) is 23.6 Å². The summed E-state index contributed by atoms with van der Waals surface area (Å²) in [5.74, 6) is -0.0486. The van der Waals surface area contributed by atoms with Gasteiger partial charge in [-0.1, -0.05) is 13.5 Å². The highest BCUT2D eigenvalue weighted by Crippen LogP contribution is 2.14. The number of carbonyl (C=O) groups is 3. The van der Waals surface area contributed by atoms with Gasteiger partial charge in [0, 0.05) is 24.5 Å². The van der Waals surface area contributed by atoms with Crippen LogP contribution in [0.1, 0.15) is 26.2 Å². The van der Waals surface area contributed by atoms with Crippen molar-refractivity contribution < 1.29 is 14.4 Å². The Hall–Kier alpha value is -1.65. The second-order valence-corrected chi connectivity index (χ2v) is 3.67. The normalized spacial score (nSPS) is 24.5. The molecular weight excluding hydrogens is 196 g/mol. The van der Waals surface area contributed by atoms with Gasteiger partial charge in [-0.15, -0.1) is 0 Å². The summed E-state index contributed by atoms with van der Waals surface area (Å²) in [6.45, 7) is 5.52. The second kappa shape index (κ2) is 4.72. The molecule has 2 heterocycles. The van der Waals surface area contributed by atoms with E-state index in [4.69, 9.17) is 0 Å². The number of allylic oxidation sites excluding steroid dienone is 1. The third kappa shape index (κ3) is 3.53. The van der Waals surface area contributed by atoms with Gasteiger partial charge >= 0.3 is 0 Å². The van der Waals surface area contributed by atoms with E-state index in [1.807, 2.05) is 6.92 Å². The van der Waals surface area contributed by atoms with Crippen LogP contribution < -0.4 is 10.6 Å². The number of hydrogen-bond donors (Lipinski definition) is 2. The minimum absolute atomic E-state index is 0.106. The lowest BCUT2D eigenvalue weighted by Gasteiger charge is -1.89. The van der Waals surface area contributed by atoms with Crippen LogP contribution in [0.25, 0.3) is 0 Å². The fraction of sp³-hybridized carbons (Fsp3) is 0.500. The number of amides is 3. The SMILES string of the molecule is C=C1CC(C)C(=O)N1.O=C1CCC(=O)N1. The van der Waals surface area contributed by atoms with Crippen molar-refractivity contribution in [3.8, 4) is 0 Å². The molecular formula is C10H14N2O3. The highest BCUT2D eigenvalue weighted by molar-refractivity contribution is 6.01. The molecule has 5 nitrogen and oxygen atoms in total.